The highest BCUT2D eigenvalue weighted by Gasteiger charge is 2.42. The van der Waals surface area contributed by atoms with E-state index in [-0.39, 0.29) is 24.6 Å². The Morgan fingerprint density at radius 1 is 1.18 bits per heavy atom. The topological polar surface area (TPSA) is 56.3 Å². The molecule has 0 saturated heterocycles. The molecule has 150 valence electrons. The van der Waals surface area contributed by atoms with Gasteiger partial charge in [-0.1, -0.05) is 43.0 Å². The molecule has 0 amide bonds. The van der Waals surface area contributed by atoms with E-state index < -0.39 is 5.41 Å². The van der Waals surface area contributed by atoms with Crippen LogP contribution in [0.2, 0.25) is 5.02 Å². The van der Waals surface area contributed by atoms with Crippen LogP contribution in [0.4, 0.5) is 0 Å². The summed E-state index contributed by atoms with van der Waals surface area (Å²) in [5, 5.41) is 1.57. The molecule has 0 unspecified atom stereocenters. The van der Waals surface area contributed by atoms with E-state index in [0.29, 0.717) is 11.6 Å². The number of hydrogen-bond acceptors (Lipinski definition) is 5. The molecule has 1 aromatic heterocycles. The molecule has 0 N–H and O–H groups in total. The number of aromatic nitrogens is 1. The van der Waals surface area contributed by atoms with E-state index in [4.69, 9.17) is 16.3 Å². The molecular weight excluding hydrogens is 394 g/mol. The first-order valence-electron chi connectivity index (χ1n) is 9.85. The normalized spacial score (nSPS) is 16.0. The van der Waals surface area contributed by atoms with Gasteiger partial charge in [-0.05, 0) is 38.8 Å². The minimum Gasteiger partial charge on any atom is -0.466 e. The van der Waals surface area contributed by atoms with Gasteiger partial charge in [0, 0.05) is 28.3 Å². The zero-order chi connectivity index (χ0) is 20.1. The number of benzene rings is 1. The molecule has 0 bridgehead atoms. The summed E-state index contributed by atoms with van der Waals surface area (Å²) in [6, 6.07) is 7.54. The molecular formula is C22H26ClNO3S. The van der Waals surface area contributed by atoms with Crippen LogP contribution in [0, 0.1) is 12.3 Å². The lowest BCUT2D eigenvalue weighted by Crippen LogP contribution is -2.37. The van der Waals surface area contributed by atoms with Gasteiger partial charge in [0.05, 0.1) is 17.7 Å². The molecule has 0 radical (unpaired) electrons. The van der Waals surface area contributed by atoms with Crippen LogP contribution < -0.4 is 0 Å². The summed E-state index contributed by atoms with van der Waals surface area (Å²) in [7, 11) is 0. The predicted octanol–water partition coefficient (Wildman–Crippen LogP) is 5.79. The summed E-state index contributed by atoms with van der Waals surface area (Å²) >= 11 is 7.54. The van der Waals surface area contributed by atoms with Crippen LogP contribution in [0.15, 0.2) is 24.3 Å². The number of aryl methyl sites for hydroxylation is 1. The van der Waals surface area contributed by atoms with Crippen molar-refractivity contribution in [1.29, 1.82) is 0 Å². The minimum atomic E-state index is -0.645. The number of rotatable bonds is 7. The van der Waals surface area contributed by atoms with Crippen molar-refractivity contribution in [2.75, 3.05) is 6.61 Å². The fourth-order valence-corrected chi connectivity index (χ4v) is 4.96. The Balaban J connectivity index is 1.73. The number of nitrogens with zero attached hydrogens (tertiary/aromatic N) is 1. The van der Waals surface area contributed by atoms with Crippen molar-refractivity contribution in [1.82, 2.24) is 4.98 Å². The monoisotopic (exact) mass is 419 g/mol. The second kappa shape index (κ2) is 9.19. The van der Waals surface area contributed by atoms with E-state index in [2.05, 4.69) is 4.98 Å². The van der Waals surface area contributed by atoms with Crippen LogP contribution in [0.5, 0.6) is 0 Å². The molecule has 4 nitrogen and oxygen atoms in total. The number of Topliss-reactive ketones (excluding diaryl/α,β-unsaturated/α-hetero) is 1. The molecule has 6 heteroatoms. The van der Waals surface area contributed by atoms with Crippen LogP contribution >= 0.6 is 22.9 Å². The van der Waals surface area contributed by atoms with E-state index in [0.717, 1.165) is 53.2 Å². The van der Waals surface area contributed by atoms with Crippen LogP contribution in [0.1, 0.15) is 56.0 Å². The molecule has 0 aliphatic heterocycles. The second-order valence-electron chi connectivity index (χ2n) is 7.48. The summed E-state index contributed by atoms with van der Waals surface area (Å²) in [6.45, 7) is 4.15. The second-order valence-corrected chi connectivity index (χ2v) is 9.12. The van der Waals surface area contributed by atoms with Gasteiger partial charge in [0.25, 0.3) is 0 Å². The van der Waals surface area contributed by atoms with Crippen molar-refractivity contribution in [2.45, 2.75) is 58.8 Å². The number of thiazole rings is 1. The summed E-state index contributed by atoms with van der Waals surface area (Å²) in [5.41, 5.74) is 1.15. The Morgan fingerprint density at radius 2 is 1.86 bits per heavy atom. The van der Waals surface area contributed by atoms with E-state index in [9.17, 15) is 9.59 Å². The van der Waals surface area contributed by atoms with E-state index in [1.807, 2.05) is 38.1 Å². The number of esters is 1. The SMILES string of the molecule is CCOC(=O)C1(CC(=O)Cc2nc(-c3ccc(Cl)cc3)sc2C)CCCCC1. The van der Waals surface area contributed by atoms with Crippen LogP contribution in [0.3, 0.4) is 0 Å². The maximum atomic E-state index is 12.9. The highest BCUT2D eigenvalue weighted by molar-refractivity contribution is 7.15. The summed E-state index contributed by atoms with van der Waals surface area (Å²) in [4.78, 5) is 31.2. The number of hydrogen-bond donors (Lipinski definition) is 0. The third-order valence-corrected chi connectivity index (χ3v) is 6.72. The van der Waals surface area contributed by atoms with Crippen LogP contribution in [0.25, 0.3) is 10.6 Å². The lowest BCUT2D eigenvalue weighted by atomic mass is 9.70. The van der Waals surface area contributed by atoms with Crippen molar-refractivity contribution < 1.29 is 14.3 Å². The third kappa shape index (κ3) is 4.81. The number of halogens is 1. The number of ether oxygens (including phenoxy) is 1. The summed E-state index contributed by atoms with van der Waals surface area (Å²) in [5.74, 6) is -0.147. The summed E-state index contributed by atoms with van der Waals surface area (Å²) < 4.78 is 5.32. The Kier molecular flexibility index (Phi) is 6.89. The Bertz CT molecular complexity index is 838. The Labute approximate surface area is 175 Å². The maximum absolute atomic E-state index is 12.9. The smallest absolute Gasteiger partial charge is 0.312 e. The lowest BCUT2D eigenvalue weighted by Gasteiger charge is -2.34. The van der Waals surface area contributed by atoms with Gasteiger partial charge in [-0.15, -0.1) is 11.3 Å². The van der Waals surface area contributed by atoms with Gasteiger partial charge < -0.3 is 4.74 Å². The number of ketones is 1. The van der Waals surface area contributed by atoms with Crippen molar-refractivity contribution in [3.8, 4) is 10.6 Å². The highest BCUT2D eigenvalue weighted by atomic mass is 35.5. The molecule has 1 aliphatic rings. The van der Waals surface area contributed by atoms with Gasteiger partial charge in [0.1, 0.15) is 10.8 Å². The van der Waals surface area contributed by atoms with Gasteiger partial charge in [0.2, 0.25) is 0 Å². The van der Waals surface area contributed by atoms with Crippen molar-refractivity contribution in [3.63, 3.8) is 0 Å². The maximum Gasteiger partial charge on any atom is 0.312 e. The van der Waals surface area contributed by atoms with Gasteiger partial charge in [-0.3, -0.25) is 9.59 Å². The van der Waals surface area contributed by atoms with Crippen molar-refractivity contribution in [3.05, 3.63) is 39.9 Å². The Morgan fingerprint density at radius 3 is 2.50 bits per heavy atom. The molecule has 3 rings (SSSR count). The van der Waals surface area contributed by atoms with Crippen molar-refractivity contribution >= 4 is 34.7 Å². The minimum absolute atomic E-state index is 0.0611. The standard InChI is InChI=1S/C22H26ClNO3S/c1-3-27-21(26)22(11-5-4-6-12-22)14-18(25)13-19-15(2)28-20(24-19)16-7-9-17(23)10-8-16/h7-10H,3-6,11-14H2,1-2H3. The largest absolute Gasteiger partial charge is 0.466 e. The molecule has 1 aliphatic carbocycles. The van der Waals surface area contributed by atoms with E-state index in [1.165, 1.54) is 0 Å². The molecule has 0 spiro atoms. The van der Waals surface area contributed by atoms with Gasteiger partial charge in [-0.25, -0.2) is 4.98 Å². The first-order chi connectivity index (χ1) is 13.4. The predicted molar refractivity (Wildman–Crippen MR) is 113 cm³/mol. The zero-order valence-corrected chi connectivity index (χ0v) is 18.0. The molecule has 1 heterocycles. The number of carbonyl (C=O) groups excluding carboxylic acids is 2. The van der Waals surface area contributed by atoms with E-state index >= 15 is 0 Å². The zero-order valence-electron chi connectivity index (χ0n) is 16.4. The molecule has 1 aromatic carbocycles. The summed E-state index contributed by atoms with van der Waals surface area (Å²) in [6.07, 6.45) is 5.06. The molecule has 28 heavy (non-hydrogen) atoms. The van der Waals surface area contributed by atoms with Crippen LogP contribution in [-0.4, -0.2) is 23.3 Å². The van der Waals surface area contributed by atoms with Crippen LogP contribution in [-0.2, 0) is 20.7 Å². The molecule has 0 atom stereocenters. The van der Waals surface area contributed by atoms with Gasteiger partial charge in [-0.2, -0.15) is 0 Å². The Hall–Kier alpha value is -1.72. The van der Waals surface area contributed by atoms with Gasteiger partial charge in [0.15, 0.2) is 0 Å². The quantitative estimate of drug-likeness (QED) is 0.533. The average Bonchev–Trinajstić information content (AvgIpc) is 3.03. The third-order valence-electron chi connectivity index (χ3n) is 5.40. The molecule has 1 fully saturated rings. The van der Waals surface area contributed by atoms with Gasteiger partial charge >= 0.3 is 5.97 Å². The van der Waals surface area contributed by atoms with Crippen molar-refractivity contribution in [2.24, 2.45) is 5.41 Å². The first-order valence-corrected chi connectivity index (χ1v) is 11.0. The number of carbonyl (C=O) groups is 2. The van der Waals surface area contributed by atoms with E-state index in [1.54, 1.807) is 11.3 Å². The average molecular weight is 420 g/mol. The first kappa shape index (κ1) is 21.0. The fourth-order valence-electron chi connectivity index (χ4n) is 3.90. The fraction of sp³-hybridized carbons (Fsp3) is 0.500. The highest BCUT2D eigenvalue weighted by Crippen LogP contribution is 2.41. The lowest BCUT2D eigenvalue weighted by molar-refractivity contribution is -0.159. The molecule has 2 aromatic rings. The molecule has 1 saturated carbocycles.